The number of nitrogens with two attached hydrogens (primary N) is 1. The number of aryl methyl sites for hydroxylation is 1. The van der Waals surface area contributed by atoms with E-state index in [0.717, 1.165) is 37.6 Å². The molecule has 96 valence electrons. The van der Waals surface area contributed by atoms with E-state index >= 15 is 0 Å². The maximum atomic E-state index is 5.64. The molecular weight excluding hydrogens is 236 g/mol. The second kappa shape index (κ2) is 6.19. The van der Waals surface area contributed by atoms with E-state index < -0.39 is 0 Å². The highest BCUT2D eigenvalue weighted by molar-refractivity contribution is 5.85. The SMILES string of the molecule is Cc1cc(N2CCN(C)CC2)ncc1CN.Cl. The maximum Gasteiger partial charge on any atom is 0.128 e. The van der Waals surface area contributed by atoms with Crippen molar-refractivity contribution in [2.75, 3.05) is 38.1 Å². The van der Waals surface area contributed by atoms with Gasteiger partial charge in [-0.15, -0.1) is 12.4 Å². The molecule has 5 heteroatoms. The van der Waals surface area contributed by atoms with E-state index in [1.165, 1.54) is 5.56 Å². The number of hydrogen-bond acceptors (Lipinski definition) is 4. The van der Waals surface area contributed by atoms with Crippen LogP contribution < -0.4 is 10.6 Å². The van der Waals surface area contributed by atoms with Crippen molar-refractivity contribution in [3.05, 3.63) is 23.4 Å². The molecule has 0 amide bonds. The van der Waals surface area contributed by atoms with Crippen molar-refractivity contribution >= 4 is 18.2 Å². The molecule has 2 rings (SSSR count). The van der Waals surface area contributed by atoms with Crippen molar-refractivity contribution in [3.63, 3.8) is 0 Å². The van der Waals surface area contributed by atoms with E-state index in [2.05, 4.69) is 34.8 Å². The lowest BCUT2D eigenvalue weighted by atomic mass is 10.1. The summed E-state index contributed by atoms with van der Waals surface area (Å²) >= 11 is 0. The normalized spacial score (nSPS) is 16.8. The number of aromatic nitrogens is 1. The maximum absolute atomic E-state index is 5.64. The summed E-state index contributed by atoms with van der Waals surface area (Å²) in [5.74, 6) is 1.09. The van der Waals surface area contributed by atoms with E-state index in [9.17, 15) is 0 Å². The largest absolute Gasteiger partial charge is 0.354 e. The van der Waals surface area contributed by atoms with Crippen LogP contribution in [0.3, 0.4) is 0 Å². The van der Waals surface area contributed by atoms with Gasteiger partial charge in [0.15, 0.2) is 0 Å². The van der Waals surface area contributed by atoms with Gasteiger partial charge in [0.1, 0.15) is 5.82 Å². The first kappa shape index (κ1) is 14.2. The van der Waals surface area contributed by atoms with Crippen LogP contribution in [0.25, 0.3) is 0 Å². The van der Waals surface area contributed by atoms with Gasteiger partial charge in [-0.3, -0.25) is 0 Å². The molecule has 0 atom stereocenters. The fraction of sp³-hybridized carbons (Fsp3) is 0.583. The molecule has 1 aromatic heterocycles. The first-order valence-electron chi connectivity index (χ1n) is 5.80. The molecule has 1 saturated heterocycles. The van der Waals surface area contributed by atoms with Crippen LogP contribution in [0.4, 0.5) is 5.82 Å². The fourth-order valence-corrected chi connectivity index (χ4v) is 1.99. The molecule has 2 N–H and O–H groups in total. The van der Waals surface area contributed by atoms with Crippen molar-refractivity contribution < 1.29 is 0 Å². The van der Waals surface area contributed by atoms with E-state index in [4.69, 9.17) is 5.73 Å². The van der Waals surface area contributed by atoms with Gasteiger partial charge in [-0.05, 0) is 31.2 Å². The van der Waals surface area contributed by atoms with E-state index in [-0.39, 0.29) is 12.4 Å². The molecule has 0 aliphatic carbocycles. The van der Waals surface area contributed by atoms with Gasteiger partial charge in [0.2, 0.25) is 0 Å². The molecule has 1 aromatic rings. The van der Waals surface area contributed by atoms with Gasteiger partial charge in [0.05, 0.1) is 0 Å². The minimum absolute atomic E-state index is 0. The highest BCUT2D eigenvalue weighted by Crippen LogP contribution is 2.16. The Hall–Kier alpha value is -0.840. The summed E-state index contributed by atoms with van der Waals surface area (Å²) in [6.07, 6.45) is 1.91. The molecule has 1 aliphatic rings. The summed E-state index contributed by atoms with van der Waals surface area (Å²) < 4.78 is 0. The van der Waals surface area contributed by atoms with Gasteiger partial charge in [0, 0.05) is 38.9 Å². The van der Waals surface area contributed by atoms with Gasteiger partial charge in [-0.1, -0.05) is 0 Å². The lowest BCUT2D eigenvalue weighted by Crippen LogP contribution is -2.44. The standard InChI is InChI=1S/C12H20N4.ClH/c1-10-7-12(14-9-11(10)8-13)16-5-3-15(2)4-6-16;/h7,9H,3-6,8,13H2,1-2H3;1H. The van der Waals surface area contributed by atoms with Crippen LogP contribution in [-0.2, 0) is 6.54 Å². The summed E-state index contributed by atoms with van der Waals surface area (Å²) in [6, 6.07) is 2.15. The molecular formula is C12H21ClN4. The highest BCUT2D eigenvalue weighted by Gasteiger charge is 2.15. The van der Waals surface area contributed by atoms with Crippen LogP contribution in [0.5, 0.6) is 0 Å². The lowest BCUT2D eigenvalue weighted by Gasteiger charge is -2.33. The van der Waals surface area contributed by atoms with Gasteiger partial charge in [-0.25, -0.2) is 4.98 Å². The van der Waals surface area contributed by atoms with E-state index in [0.29, 0.717) is 6.54 Å². The number of pyridine rings is 1. The minimum Gasteiger partial charge on any atom is -0.354 e. The second-order valence-electron chi connectivity index (χ2n) is 4.46. The van der Waals surface area contributed by atoms with Crippen molar-refractivity contribution in [1.82, 2.24) is 9.88 Å². The molecule has 0 unspecified atom stereocenters. The van der Waals surface area contributed by atoms with Crippen molar-refractivity contribution in [2.24, 2.45) is 5.73 Å². The molecule has 0 bridgehead atoms. The van der Waals surface area contributed by atoms with Gasteiger partial charge in [-0.2, -0.15) is 0 Å². The van der Waals surface area contributed by atoms with Gasteiger partial charge in [0.25, 0.3) is 0 Å². The third-order valence-corrected chi connectivity index (χ3v) is 3.25. The Morgan fingerprint density at radius 3 is 2.47 bits per heavy atom. The number of likely N-dealkylation sites (N-methyl/N-ethyl adjacent to an activating group) is 1. The van der Waals surface area contributed by atoms with E-state index in [1.54, 1.807) is 0 Å². The Bertz CT molecular complexity index is 362. The molecule has 1 aliphatic heterocycles. The summed E-state index contributed by atoms with van der Waals surface area (Å²) in [6.45, 7) is 7.01. The summed E-state index contributed by atoms with van der Waals surface area (Å²) in [7, 11) is 2.16. The zero-order chi connectivity index (χ0) is 11.5. The van der Waals surface area contributed by atoms with Crippen LogP contribution in [-0.4, -0.2) is 43.1 Å². The third kappa shape index (κ3) is 3.31. The Morgan fingerprint density at radius 1 is 1.29 bits per heavy atom. The van der Waals surface area contributed by atoms with Gasteiger partial charge < -0.3 is 15.5 Å². The smallest absolute Gasteiger partial charge is 0.128 e. The minimum atomic E-state index is 0. The predicted molar refractivity (Wildman–Crippen MR) is 73.8 cm³/mol. The quantitative estimate of drug-likeness (QED) is 0.858. The Kier molecular flexibility index (Phi) is 5.18. The van der Waals surface area contributed by atoms with Crippen molar-refractivity contribution in [3.8, 4) is 0 Å². The summed E-state index contributed by atoms with van der Waals surface area (Å²) in [4.78, 5) is 9.17. The lowest BCUT2D eigenvalue weighted by molar-refractivity contribution is 0.312. The number of nitrogens with zero attached hydrogens (tertiary/aromatic N) is 3. The summed E-state index contributed by atoms with van der Waals surface area (Å²) in [5, 5.41) is 0. The third-order valence-electron chi connectivity index (χ3n) is 3.25. The average Bonchev–Trinajstić information content (AvgIpc) is 2.30. The predicted octanol–water partition coefficient (Wildman–Crippen LogP) is 1.02. The van der Waals surface area contributed by atoms with Crippen LogP contribution >= 0.6 is 12.4 Å². The zero-order valence-corrected chi connectivity index (χ0v) is 11.3. The van der Waals surface area contributed by atoms with Gasteiger partial charge >= 0.3 is 0 Å². The Labute approximate surface area is 109 Å². The number of hydrogen-bond donors (Lipinski definition) is 1. The van der Waals surface area contributed by atoms with Crippen LogP contribution in [0, 0.1) is 6.92 Å². The van der Waals surface area contributed by atoms with E-state index in [1.807, 2.05) is 6.20 Å². The van der Waals surface area contributed by atoms with Crippen LogP contribution in [0.15, 0.2) is 12.3 Å². The van der Waals surface area contributed by atoms with Crippen molar-refractivity contribution in [1.29, 1.82) is 0 Å². The molecule has 0 saturated carbocycles. The molecule has 0 aromatic carbocycles. The zero-order valence-electron chi connectivity index (χ0n) is 10.5. The second-order valence-corrected chi connectivity index (χ2v) is 4.46. The molecule has 4 nitrogen and oxygen atoms in total. The average molecular weight is 257 g/mol. The number of piperazine rings is 1. The number of rotatable bonds is 2. The Morgan fingerprint density at radius 2 is 1.94 bits per heavy atom. The van der Waals surface area contributed by atoms with Crippen LogP contribution in [0.2, 0.25) is 0 Å². The van der Waals surface area contributed by atoms with Crippen LogP contribution in [0.1, 0.15) is 11.1 Å². The molecule has 1 fully saturated rings. The number of halogens is 1. The molecule has 0 radical (unpaired) electrons. The van der Waals surface area contributed by atoms with Crippen molar-refractivity contribution in [2.45, 2.75) is 13.5 Å². The first-order chi connectivity index (χ1) is 7.70. The fourth-order valence-electron chi connectivity index (χ4n) is 1.99. The Balaban J connectivity index is 0.00000144. The molecule has 0 spiro atoms. The first-order valence-corrected chi connectivity index (χ1v) is 5.80. The summed E-state index contributed by atoms with van der Waals surface area (Å²) in [5.41, 5.74) is 8.02. The molecule has 17 heavy (non-hydrogen) atoms. The topological polar surface area (TPSA) is 45.4 Å². The number of anilines is 1. The molecule has 2 heterocycles. The monoisotopic (exact) mass is 256 g/mol. The highest BCUT2D eigenvalue weighted by atomic mass is 35.5.